The molecule has 0 unspecified atom stereocenters. The zero-order valence-electron chi connectivity index (χ0n) is 9.71. The predicted octanol–water partition coefficient (Wildman–Crippen LogP) is 2.66. The summed E-state index contributed by atoms with van der Waals surface area (Å²) in [6.07, 6.45) is 2.20. The molecule has 0 fully saturated rings. The van der Waals surface area contributed by atoms with Crippen molar-refractivity contribution in [3.8, 4) is 11.5 Å². The van der Waals surface area contributed by atoms with E-state index in [9.17, 15) is 15.0 Å². The van der Waals surface area contributed by atoms with Gasteiger partial charge in [-0.3, -0.25) is 0 Å². The van der Waals surface area contributed by atoms with E-state index in [1.54, 1.807) is 31.2 Å². The number of phenols is 2. The van der Waals surface area contributed by atoms with E-state index in [0.29, 0.717) is 21.9 Å². The molecule has 2 aromatic carbocycles. The van der Waals surface area contributed by atoms with Gasteiger partial charge in [-0.25, -0.2) is 4.79 Å². The topological polar surface area (TPSA) is 77.8 Å². The Hall–Kier alpha value is -2.49. The first-order valence-corrected chi connectivity index (χ1v) is 5.36. The first-order chi connectivity index (χ1) is 8.52. The Kier molecular flexibility index (Phi) is 2.93. The summed E-state index contributed by atoms with van der Waals surface area (Å²) in [5.74, 6) is -1.09. The lowest BCUT2D eigenvalue weighted by Crippen LogP contribution is -1.90. The largest absolute Gasteiger partial charge is 0.507 e. The Bertz CT molecular complexity index is 656. The maximum atomic E-state index is 10.5. The molecule has 92 valence electrons. The van der Waals surface area contributed by atoms with E-state index in [1.165, 1.54) is 6.08 Å². The van der Waals surface area contributed by atoms with Crippen LogP contribution in [0.2, 0.25) is 0 Å². The monoisotopic (exact) mass is 244 g/mol. The van der Waals surface area contributed by atoms with Gasteiger partial charge in [0, 0.05) is 28.0 Å². The number of fused-ring (bicyclic) bond motifs is 1. The van der Waals surface area contributed by atoms with E-state index in [-0.39, 0.29) is 11.5 Å². The van der Waals surface area contributed by atoms with Crippen molar-refractivity contribution in [1.82, 2.24) is 0 Å². The summed E-state index contributed by atoms with van der Waals surface area (Å²) in [4.78, 5) is 10.5. The Morgan fingerprint density at radius 3 is 2.22 bits per heavy atom. The van der Waals surface area contributed by atoms with Gasteiger partial charge in [0.2, 0.25) is 0 Å². The van der Waals surface area contributed by atoms with Crippen molar-refractivity contribution in [2.45, 2.75) is 6.92 Å². The van der Waals surface area contributed by atoms with Crippen LogP contribution in [0, 0.1) is 6.92 Å². The Balaban J connectivity index is 2.78. The summed E-state index contributed by atoms with van der Waals surface area (Å²) in [5.41, 5.74) is 0.761. The van der Waals surface area contributed by atoms with Crippen molar-refractivity contribution >= 4 is 22.8 Å². The molecule has 0 bridgehead atoms. The van der Waals surface area contributed by atoms with Gasteiger partial charge in [0.05, 0.1) is 0 Å². The maximum Gasteiger partial charge on any atom is 0.328 e. The highest BCUT2D eigenvalue weighted by Crippen LogP contribution is 2.39. The van der Waals surface area contributed by atoms with Gasteiger partial charge in [0.15, 0.2) is 0 Å². The number of carbonyl (C=O) groups is 1. The summed E-state index contributed by atoms with van der Waals surface area (Å²) < 4.78 is 0. The molecular formula is C14H12O4. The van der Waals surface area contributed by atoms with E-state index in [4.69, 9.17) is 5.11 Å². The summed E-state index contributed by atoms with van der Waals surface area (Å²) >= 11 is 0. The molecule has 2 aromatic rings. The molecular weight excluding hydrogens is 232 g/mol. The standard InChI is InChI=1S/C14H12O4/c1-8-9(6-7-12(15)16)14(18)11-5-3-2-4-10(11)13(8)17/h2-7,17-18H,1H3,(H,15,16)/b7-6+. The average Bonchev–Trinajstić information content (AvgIpc) is 2.36. The van der Waals surface area contributed by atoms with E-state index in [1.807, 2.05) is 0 Å². The maximum absolute atomic E-state index is 10.5. The number of rotatable bonds is 2. The van der Waals surface area contributed by atoms with Gasteiger partial charge in [-0.15, -0.1) is 0 Å². The third-order valence-electron chi connectivity index (χ3n) is 2.84. The van der Waals surface area contributed by atoms with Gasteiger partial charge in [0.1, 0.15) is 11.5 Å². The van der Waals surface area contributed by atoms with Crippen molar-refractivity contribution in [1.29, 1.82) is 0 Å². The van der Waals surface area contributed by atoms with Gasteiger partial charge in [0.25, 0.3) is 0 Å². The van der Waals surface area contributed by atoms with Crippen molar-refractivity contribution in [2.75, 3.05) is 0 Å². The molecule has 0 aromatic heterocycles. The Morgan fingerprint density at radius 1 is 1.11 bits per heavy atom. The van der Waals surface area contributed by atoms with Gasteiger partial charge in [-0.1, -0.05) is 24.3 Å². The van der Waals surface area contributed by atoms with Crippen LogP contribution in [-0.2, 0) is 4.79 Å². The third-order valence-corrected chi connectivity index (χ3v) is 2.84. The number of benzene rings is 2. The zero-order valence-corrected chi connectivity index (χ0v) is 9.71. The third kappa shape index (κ3) is 1.88. The summed E-state index contributed by atoms with van der Waals surface area (Å²) in [7, 11) is 0. The highest BCUT2D eigenvalue weighted by molar-refractivity contribution is 5.98. The molecule has 0 atom stereocenters. The lowest BCUT2D eigenvalue weighted by molar-refractivity contribution is -0.131. The van der Waals surface area contributed by atoms with Gasteiger partial charge in [-0.2, -0.15) is 0 Å². The molecule has 0 spiro atoms. The normalized spacial score (nSPS) is 11.2. The highest BCUT2D eigenvalue weighted by Gasteiger charge is 2.13. The van der Waals surface area contributed by atoms with Crippen LogP contribution in [0.5, 0.6) is 11.5 Å². The van der Waals surface area contributed by atoms with E-state index < -0.39 is 5.97 Å². The van der Waals surface area contributed by atoms with Crippen molar-refractivity contribution in [3.63, 3.8) is 0 Å². The van der Waals surface area contributed by atoms with Crippen LogP contribution in [-0.4, -0.2) is 21.3 Å². The molecule has 2 rings (SSSR count). The zero-order chi connectivity index (χ0) is 13.3. The number of hydrogen-bond acceptors (Lipinski definition) is 3. The van der Waals surface area contributed by atoms with Crippen LogP contribution in [0.3, 0.4) is 0 Å². The van der Waals surface area contributed by atoms with Gasteiger partial charge < -0.3 is 15.3 Å². The summed E-state index contributed by atoms with van der Waals surface area (Å²) in [5, 5.41) is 29.8. The highest BCUT2D eigenvalue weighted by atomic mass is 16.4. The molecule has 0 heterocycles. The number of hydrogen-bond donors (Lipinski definition) is 3. The summed E-state index contributed by atoms with van der Waals surface area (Å²) in [6.45, 7) is 1.63. The molecule has 0 radical (unpaired) electrons. The number of aliphatic carboxylic acids is 1. The van der Waals surface area contributed by atoms with E-state index >= 15 is 0 Å². The predicted molar refractivity (Wildman–Crippen MR) is 68.7 cm³/mol. The number of phenolic OH excluding ortho intramolecular Hbond substituents is 2. The number of carboxylic acids is 1. The molecule has 0 aliphatic rings. The number of aromatic hydroxyl groups is 2. The van der Waals surface area contributed by atoms with Crippen molar-refractivity contribution in [2.24, 2.45) is 0 Å². The fourth-order valence-electron chi connectivity index (χ4n) is 1.91. The minimum atomic E-state index is -1.11. The van der Waals surface area contributed by atoms with Crippen molar-refractivity contribution in [3.05, 3.63) is 41.5 Å². The molecule has 18 heavy (non-hydrogen) atoms. The van der Waals surface area contributed by atoms with Crippen LogP contribution in [0.1, 0.15) is 11.1 Å². The first-order valence-electron chi connectivity index (χ1n) is 5.36. The van der Waals surface area contributed by atoms with Crippen LogP contribution in [0.15, 0.2) is 30.3 Å². The molecule has 0 aliphatic heterocycles. The van der Waals surface area contributed by atoms with E-state index in [0.717, 1.165) is 6.08 Å². The number of carboxylic acid groups (broad SMARTS) is 1. The minimum Gasteiger partial charge on any atom is -0.507 e. The van der Waals surface area contributed by atoms with Crippen LogP contribution < -0.4 is 0 Å². The summed E-state index contributed by atoms with van der Waals surface area (Å²) in [6, 6.07) is 6.86. The fraction of sp³-hybridized carbons (Fsp3) is 0.0714. The second-order valence-corrected chi connectivity index (χ2v) is 3.95. The van der Waals surface area contributed by atoms with Crippen LogP contribution >= 0.6 is 0 Å². The second kappa shape index (κ2) is 4.41. The smallest absolute Gasteiger partial charge is 0.328 e. The Morgan fingerprint density at radius 2 is 1.67 bits per heavy atom. The second-order valence-electron chi connectivity index (χ2n) is 3.95. The molecule has 0 amide bonds. The lowest BCUT2D eigenvalue weighted by Gasteiger charge is -2.11. The molecule has 0 saturated carbocycles. The van der Waals surface area contributed by atoms with Gasteiger partial charge >= 0.3 is 5.97 Å². The fourth-order valence-corrected chi connectivity index (χ4v) is 1.91. The lowest BCUT2D eigenvalue weighted by atomic mass is 9.98. The van der Waals surface area contributed by atoms with Crippen LogP contribution in [0.25, 0.3) is 16.8 Å². The van der Waals surface area contributed by atoms with Crippen molar-refractivity contribution < 1.29 is 20.1 Å². The molecule has 0 saturated heterocycles. The molecule has 4 nitrogen and oxygen atoms in total. The quantitative estimate of drug-likeness (QED) is 0.560. The first kappa shape index (κ1) is 12.0. The average molecular weight is 244 g/mol. The molecule has 0 aliphatic carbocycles. The molecule has 3 N–H and O–H groups in total. The molecule has 4 heteroatoms. The van der Waals surface area contributed by atoms with E-state index in [2.05, 4.69) is 0 Å². The van der Waals surface area contributed by atoms with Crippen LogP contribution in [0.4, 0.5) is 0 Å². The Labute approximate surface area is 103 Å². The van der Waals surface area contributed by atoms with Gasteiger partial charge in [-0.05, 0) is 13.0 Å². The minimum absolute atomic E-state index is 0.0293. The SMILES string of the molecule is Cc1c(/C=C/C(=O)O)c(O)c2ccccc2c1O.